The average molecular weight is 338 g/mol. The summed E-state index contributed by atoms with van der Waals surface area (Å²) in [7, 11) is 0. The van der Waals surface area contributed by atoms with Crippen molar-refractivity contribution < 1.29 is 0 Å². The average Bonchev–Trinajstić information content (AvgIpc) is 3.02. The lowest BCUT2D eigenvalue weighted by atomic mass is 9.91. The van der Waals surface area contributed by atoms with E-state index < -0.39 is 0 Å². The first-order chi connectivity index (χ1) is 12.3. The van der Waals surface area contributed by atoms with Crippen LogP contribution in [0, 0.1) is 0 Å². The molecule has 0 spiro atoms. The summed E-state index contributed by atoms with van der Waals surface area (Å²) in [5, 5.41) is 7.90. The van der Waals surface area contributed by atoms with Gasteiger partial charge in [-0.05, 0) is 57.0 Å². The molecule has 120 valence electrons. The number of hydrogen-bond acceptors (Lipinski definition) is 1. The molecule has 0 nitrogen and oxygen atoms in total. The predicted molar refractivity (Wildman–Crippen MR) is 112 cm³/mol. The Morgan fingerprint density at radius 2 is 1.64 bits per heavy atom. The summed E-state index contributed by atoms with van der Waals surface area (Å²) in [4.78, 5) is 0. The molecule has 0 aliphatic carbocycles. The van der Waals surface area contributed by atoms with Gasteiger partial charge in [0.25, 0.3) is 0 Å². The Bertz CT molecular complexity index is 1340. The molecule has 1 aromatic heterocycles. The van der Waals surface area contributed by atoms with E-state index in [-0.39, 0.29) is 0 Å². The summed E-state index contributed by atoms with van der Waals surface area (Å²) in [5.74, 6) is 0. The van der Waals surface area contributed by atoms with Crippen LogP contribution >= 0.6 is 11.3 Å². The number of thiophene rings is 1. The van der Waals surface area contributed by atoms with Gasteiger partial charge in [0.15, 0.2) is 0 Å². The van der Waals surface area contributed by atoms with Gasteiger partial charge in [-0.15, -0.1) is 11.3 Å². The fraction of sp³-hybridized carbons (Fsp3) is 0.0833. The molecule has 0 N–H and O–H groups in total. The Kier molecular flexibility index (Phi) is 3.19. The molecule has 0 aliphatic rings. The molecule has 25 heavy (non-hydrogen) atoms. The molecule has 4 aromatic carbocycles. The molecule has 0 fully saturated rings. The van der Waals surface area contributed by atoms with Crippen molar-refractivity contribution in [2.24, 2.45) is 0 Å². The summed E-state index contributed by atoms with van der Waals surface area (Å²) in [6, 6.07) is 24.2. The highest BCUT2D eigenvalue weighted by Crippen LogP contribution is 2.43. The zero-order valence-corrected chi connectivity index (χ0v) is 15.0. The maximum absolute atomic E-state index is 4.26. The van der Waals surface area contributed by atoms with Gasteiger partial charge in [0.2, 0.25) is 0 Å². The zero-order chi connectivity index (χ0) is 17.0. The predicted octanol–water partition coefficient (Wildman–Crippen LogP) is 5.66. The first-order valence-corrected chi connectivity index (χ1v) is 9.53. The molecule has 0 aliphatic heterocycles. The van der Waals surface area contributed by atoms with E-state index in [0.29, 0.717) is 0 Å². The summed E-state index contributed by atoms with van der Waals surface area (Å²) in [5.41, 5.74) is 2.73. The first-order valence-electron chi connectivity index (χ1n) is 8.72. The van der Waals surface area contributed by atoms with Crippen molar-refractivity contribution in [3.05, 3.63) is 82.7 Å². The minimum Gasteiger partial charge on any atom is -0.135 e. The van der Waals surface area contributed by atoms with Gasteiger partial charge in [-0.3, -0.25) is 0 Å². The molecule has 0 amide bonds. The van der Waals surface area contributed by atoms with Gasteiger partial charge < -0.3 is 0 Å². The minimum atomic E-state index is 0.990. The lowest BCUT2D eigenvalue weighted by Crippen LogP contribution is -2.25. The lowest BCUT2D eigenvalue weighted by Gasteiger charge is -2.12. The third kappa shape index (κ3) is 2.06. The van der Waals surface area contributed by atoms with Crippen LogP contribution in [0.4, 0.5) is 0 Å². The van der Waals surface area contributed by atoms with E-state index in [1.54, 1.807) is 0 Å². The molecule has 5 aromatic rings. The molecule has 0 unspecified atom stereocenters. The van der Waals surface area contributed by atoms with E-state index in [2.05, 4.69) is 80.2 Å². The van der Waals surface area contributed by atoms with E-state index in [1.807, 2.05) is 11.3 Å². The Balaban J connectivity index is 2.05. The van der Waals surface area contributed by atoms with Gasteiger partial charge in [0.1, 0.15) is 0 Å². The van der Waals surface area contributed by atoms with Gasteiger partial charge in [0.05, 0.1) is 0 Å². The Morgan fingerprint density at radius 1 is 0.880 bits per heavy atom. The van der Waals surface area contributed by atoms with E-state index >= 15 is 0 Å². The van der Waals surface area contributed by atoms with Crippen molar-refractivity contribution in [2.75, 3.05) is 0 Å². The third-order valence-corrected chi connectivity index (χ3v) is 6.29. The van der Waals surface area contributed by atoms with Crippen LogP contribution in [0.15, 0.2) is 66.7 Å². The molecule has 5 rings (SSSR count). The fourth-order valence-corrected chi connectivity index (χ4v) is 5.23. The largest absolute Gasteiger partial charge is 0.135 e. The Labute approximate surface area is 150 Å². The zero-order valence-electron chi connectivity index (χ0n) is 14.2. The molecule has 0 atom stereocenters. The quantitative estimate of drug-likeness (QED) is 0.364. The topological polar surface area (TPSA) is 0 Å². The van der Waals surface area contributed by atoms with Crippen molar-refractivity contribution in [1.82, 2.24) is 0 Å². The molecule has 0 saturated heterocycles. The summed E-state index contributed by atoms with van der Waals surface area (Å²) < 4.78 is 2.76. The van der Waals surface area contributed by atoms with Crippen LogP contribution in [0.25, 0.3) is 43.1 Å². The normalized spacial score (nSPS) is 13.2. The van der Waals surface area contributed by atoms with Gasteiger partial charge in [0, 0.05) is 20.2 Å². The Morgan fingerprint density at radius 3 is 2.44 bits per heavy atom. The van der Waals surface area contributed by atoms with Crippen molar-refractivity contribution in [3.8, 4) is 0 Å². The van der Waals surface area contributed by atoms with Crippen LogP contribution in [0.2, 0.25) is 0 Å². The van der Waals surface area contributed by atoms with Crippen molar-refractivity contribution in [1.29, 1.82) is 0 Å². The van der Waals surface area contributed by atoms with Crippen molar-refractivity contribution in [2.45, 2.75) is 13.3 Å². The highest BCUT2D eigenvalue weighted by Gasteiger charge is 2.15. The molecule has 1 heteroatoms. The SMILES string of the molecule is C=c1cccc/c1=C(/CC)c1cc2cccc3sc4cccc1c4c23. The van der Waals surface area contributed by atoms with E-state index in [4.69, 9.17) is 0 Å². The van der Waals surface area contributed by atoms with E-state index in [9.17, 15) is 0 Å². The van der Waals surface area contributed by atoms with Gasteiger partial charge in [-0.2, -0.15) is 0 Å². The molecule has 0 bridgehead atoms. The number of benzene rings is 4. The first kappa shape index (κ1) is 14.7. The van der Waals surface area contributed by atoms with Crippen molar-refractivity contribution >= 4 is 54.4 Å². The maximum atomic E-state index is 4.26. The third-order valence-electron chi connectivity index (χ3n) is 5.17. The molecular weight excluding hydrogens is 320 g/mol. The highest BCUT2D eigenvalue weighted by atomic mass is 32.1. The fourth-order valence-electron chi connectivity index (χ4n) is 4.06. The van der Waals surface area contributed by atoms with Crippen LogP contribution in [0.3, 0.4) is 0 Å². The lowest BCUT2D eigenvalue weighted by molar-refractivity contribution is 1.22. The molecular formula is C24H18S. The van der Waals surface area contributed by atoms with Gasteiger partial charge in [-0.1, -0.05) is 62.0 Å². The van der Waals surface area contributed by atoms with E-state index in [0.717, 1.165) is 11.6 Å². The molecule has 0 radical (unpaired) electrons. The van der Waals surface area contributed by atoms with Crippen molar-refractivity contribution in [3.63, 3.8) is 0 Å². The number of hydrogen-bond donors (Lipinski definition) is 0. The van der Waals surface area contributed by atoms with Crippen LogP contribution in [0.5, 0.6) is 0 Å². The monoisotopic (exact) mass is 338 g/mol. The smallest absolute Gasteiger partial charge is 0.0361 e. The number of rotatable bonds is 2. The van der Waals surface area contributed by atoms with Crippen LogP contribution < -0.4 is 10.4 Å². The van der Waals surface area contributed by atoms with Crippen LogP contribution in [-0.2, 0) is 0 Å². The molecule has 0 saturated carbocycles. The second-order valence-electron chi connectivity index (χ2n) is 6.55. The Hall–Kier alpha value is -2.64. The maximum Gasteiger partial charge on any atom is 0.0361 e. The van der Waals surface area contributed by atoms with Gasteiger partial charge in [-0.25, -0.2) is 0 Å². The summed E-state index contributed by atoms with van der Waals surface area (Å²) in [6.07, 6.45) is 0.990. The summed E-state index contributed by atoms with van der Waals surface area (Å²) in [6.45, 7) is 6.50. The summed E-state index contributed by atoms with van der Waals surface area (Å²) >= 11 is 1.90. The minimum absolute atomic E-state index is 0.990. The van der Waals surface area contributed by atoms with Crippen LogP contribution in [-0.4, -0.2) is 0 Å². The standard InChI is InChI=1S/C24H18S/c1-3-17(18-10-5-4-8-15(18)2)20-14-16-9-6-12-21-23(16)24-19(20)11-7-13-22(24)25-21/h4-14H,2-3H2,1H3/b18-17+. The highest BCUT2D eigenvalue weighted by molar-refractivity contribution is 7.26. The van der Waals surface area contributed by atoms with Crippen LogP contribution in [0.1, 0.15) is 18.9 Å². The second kappa shape index (κ2) is 5.44. The molecule has 1 heterocycles. The second-order valence-corrected chi connectivity index (χ2v) is 7.63. The van der Waals surface area contributed by atoms with E-state index in [1.165, 1.54) is 47.3 Å². The van der Waals surface area contributed by atoms with Gasteiger partial charge >= 0.3 is 0 Å².